The van der Waals surface area contributed by atoms with Crippen LogP contribution in [-0.4, -0.2) is 23.8 Å². The summed E-state index contributed by atoms with van der Waals surface area (Å²) in [5.74, 6) is 1.04. The zero-order valence-corrected chi connectivity index (χ0v) is 13.6. The van der Waals surface area contributed by atoms with Gasteiger partial charge in [-0.2, -0.15) is 5.26 Å². The van der Waals surface area contributed by atoms with Gasteiger partial charge in [-0.25, -0.2) is 4.98 Å². The summed E-state index contributed by atoms with van der Waals surface area (Å²) < 4.78 is 11.0. The van der Waals surface area contributed by atoms with Crippen molar-refractivity contribution in [1.82, 2.24) is 4.98 Å². The van der Waals surface area contributed by atoms with Crippen LogP contribution in [0.5, 0.6) is 5.75 Å². The smallest absolute Gasteiger partial charge is 0.235 e. The number of anilines is 1. The number of nitriles is 1. The predicted octanol–water partition coefficient (Wildman–Crippen LogP) is 3.66. The molecule has 0 aliphatic rings. The van der Waals surface area contributed by atoms with E-state index in [0.717, 1.165) is 23.1 Å². The highest BCUT2D eigenvalue weighted by molar-refractivity contribution is 8.04. The van der Waals surface area contributed by atoms with Crippen molar-refractivity contribution in [3.63, 3.8) is 0 Å². The Labute approximate surface area is 142 Å². The summed E-state index contributed by atoms with van der Waals surface area (Å²) in [4.78, 5) is 16.1. The molecule has 0 spiro atoms. The average Bonchev–Trinajstić information content (AvgIpc) is 3.03. The molecule has 0 unspecified atom stereocenters. The summed E-state index contributed by atoms with van der Waals surface area (Å²) in [6.45, 7) is 0. The van der Waals surface area contributed by atoms with Crippen LogP contribution in [0, 0.1) is 10.7 Å². The van der Waals surface area contributed by atoms with Gasteiger partial charge >= 0.3 is 0 Å². The maximum Gasteiger partial charge on any atom is 0.235 e. The van der Waals surface area contributed by atoms with Crippen molar-refractivity contribution in [2.24, 2.45) is 0 Å². The molecule has 0 atom stereocenters. The molecule has 1 amide bonds. The Morgan fingerprint density at radius 1 is 1.38 bits per heavy atom. The lowest BCUT2D eigenvalue weighted by atomic mass is 10.2. The number of hydrogen-bond donors (Lipinski definition) is 1. The molecule has 0 aliphatic heterocycles. The second kappa shape index (κ2) is 7.06. The minimum Gasteiger partial charge on any atom is -0.497 e. The highest BCUT2D eigenvalue weighted by atomic mass is 32.2. The average molecular weight is 339 g/mol. The number of thiocyanates is 1. The van der Waals surface area contributed by atoms with Gasteiger partial charge in [0.2, 0.25) is 11.8 Å². The lowest BCUT2D eigenvalue weighted by Crippen LogP contribution is -2.13. The molecule has 7 heteroatoms. The van der Waals surface area contributed by atoms with Gasteiger partial charge in [0, 0.05) is 17.3 Å². The maximum atomic E-state index is 11.7. The summed E-state index contributed by atoms with van der Waals surface area (Å²) >= 11 is 0.890. The fourth-order valence-electron chi connectivity index (χ4n) is 2.18. The van der Waals surface area contributed by atoms with Crippen molar-refractivity contribution in [2.45, 2.75) is 0 Å². The second-order valence-electron chi connectivity index (χ2n) is 4.86. The quantitative estimate of drug-likeness (QED) is 0.714. The summed E-state index contributed by atoms with van der Waals surface area (Å²) in [6, 6.07) is 12.7. The predicted molar refractivity (Wildman–Crippen MR) is 92.7 cm³/mol. The molecular weight excluding hydrogens is 326 g/mol. The summed E-state index contributed by atoms with van der Waals surface area (Å²) in [5.41, 5.74) is 2.66. The molecule has 120 valence electrons. The van der Waals surface area contributed by atoms with Gasteiger partial charge in [0.25, 0.3) is 0 Å². The van der Waals surface area contributed by atoms with Crippen LogP contribution >= 0.6 is 11.8 Å². The van der Waals surface area contributed by atoms with E-state index in [1.807, 2.05) is 29.7 Å². The second-order valence-corrected chi connectivity index (χ2v) is 5.62. The lowest BCUT2D eigenvalue weighted by molar-refractivity contribution is -0.113. The van der Waals surface area contributed by atoms with Gasteiger partial charge in [-0.15, -0.1) is 0 Å². The van der Waals surface area contributed by atoms with E-state index < -0.39 is 0 Å². The normalized spacial score (nSPS) is 10.3. The van der Waals surface area contributed by atoms with E-state index in [0.29, 0.717) is 22.7 Å². The van der Waals surface area contributed by atoms with Crippen molar-refractivity contribution in [2.75, 3.05) is 18.2 Å². The van der Waals surface area contributed by atoms with Gasteiger partial charge in [-0.3, -0.25) is 4.79 Å². The van der Waals surface area contributed by atoms with Crippen LogP contribution < -0.4 is 10.1 Å². The molecule has 0 aliphatic carbocycles. The number of ether oxygens (including phenoxy) is 1. The highest BCUT2D eigenvalue weighted by Gasteiger charge is 2.10. The number of carbonyl (C=O) groups excluding carboxylic acids is 1. The molecule has 1 aromatic heterocycles. The first-order chi connectivity index (χ1) is 11.7. The number of thioether (sulfide) groups is 1. The number of rotatable bonds is 5. The van der Waals surface area contributed by atoms with Crippen molar-refractivity contribution >= 4 is 34.5 Å². The van der Waals surface area contributed by atoms with Crippen LogP contribution in [0.1, 0.15) is 0 Å². The van der Waals surface area contributed by atoms with Crippen molar-refractivity contribution < 1.29 is 13.9 Å². The Morgan fingerprint density at radius 2 is 2.25 bits per heavy atom. The van der Waals surface area contributed by atoms with Crippen molar-refractivity contribution in [3.8, 4) is 22.6 Å². The fourth-order valence-corrected chi connectivity index (χ4v) is 2.44. The van der Waals surface area contributed by atoms with Gasteiger partial charge in [0.15, 0.2) is 5.58 Å². The summed E-state index contributed by atoms with van der Waals surface area (Å²) in [5, 5.41) is 13.1. The van der Waals surface area contributed by atoms with Crippen LogP contribution in [-0.2, 0) is 4.79 Å². The molecule has 0 fully saturated rings. The maximum absolute atomic E-state index is 11.7. The Hall–Kier alpha value is -2.98. The molecule has 3 aromatic rings. The zero-order valence-electron chi connectivity index (χ0n) is 12.8. The molecule has 6 nitrogen and oxygen atoms in total. The van der Waals surface area contributed by atoms with Gasteiger partial charge in [-0.05, 0) is 42.1 Å². The van der Waals surface area contributed by atoms with E-state index in [-0.39, 0.29) is 11.7 Å². The first-order valence-corrected chi connectivity index (χ1v) is 8.04. The molecule has 0 saturated carbocycles. The lowest BCUT2D eigenvalue weighted by Gasteiger charge is -2.02. The van der Waals surface area contributed by atoms with E-state index in [4.69, 9.17) is 14.4 Å². The van der Waals surface area contributed by atoms with E-state index in [9.17, 15) is 4.79 Å². The number of benzene rings is 2. The highest BCUT2D eigenvalue weighted by Crippen LogP contribution is 2.28. The summed E-state index contributed by atoms with van der Waals surface area (Å²) in [6.07, 6.45) is 0. The molecule has 2 aromatic carbocycles. The number of hydrogen-bond acceptors (Lipinski definition) is 6. The number of nitrogens with one attached hydrogen (secondary N) is 1. The number of carbonyl (C=O) groups is 1. The standard InChI is InChI=1S/C17H13N3O3S/c1-22-13-4-2-3-11(7-13)17-20-14-6-5-12(8-15(14)23-17)19-16(21)9-24-10-18/h2-8H,9H2,1H3,(H,19,21). The van der Waals surface area contributed by atoms with E-state index in [1.165, 1.54) is 0 Å². The largest absolute Gasteiger partial charge is 0.497 e. The molecule has 0 bridgehead atoms. The third kappa shape index (κ3) is 3.50. The molecular formula is C17H13N3O3S. The van der Waals surface area contributed by atoms with Crippen LogP contribution in [0.2, 0.25) is 0 Å². The Bertz CT molecular complexity index is 930. The molecule has 1 N–H and O–H groups in total. The number of amides is 1. The van der Waals surface area contributed by atoms with Crippen LogP contribution in [0.3, 0.4) is 0 Å². The number of nitrogens with zero attached hydrogens (tertiary/aromatic N) is 2. The third-order valence-electron chi connectivity index (χ3n) is 3.26. The van der Waals surface area contributed by atoms with Crippen LogP contribution in [0.25, 0.3) is 22.6 Å². The van der Waals surface area contributed by atoms with Gasteiger partial charge in [-0.1, -0.05) is 6.07 Å². The van der Waals surface area contributed by atoms with E-state index >= 15 is 0 Å². The van der Waals surface area contributed by atoms with E-state index in [2.05, 4.69) is 10.3 Å². The van der Waals surface area contributed by atoms with Crippen molar-refractivity contribution in [1.29, 1.82) is 5.26 Å². The number of fused-ring (bicyclic) bond motifs is 1. The van der Waals surface area contributed by atoms with Crippen LogP contribution in [0.15, 0.2) is 46.9 Å². The summed E-state index contributed by atoms with van der Waals surface area (Å²) in [7, 11) is 1.60. The van der Waals surface area contributed by atoms with Crippen molar-refractivity contribution in [3.05, 3.63) is 42.5 Å². The molecule has 3 rings (SSSR count). The number of aromatic nitrogens is 1. The molecule has 0 saturated heterocycles. The molecule has 24 heavy (non-hydrogen) atoms. The SMILES string of the molecule is COc1cccc(-c2nc3ccc(NC(=O)CSC#N)cc3o2)c1. The third-order valence-corrected chi connectivity index (χ3v) is 3.79. The number of oxazole rings is 1. The minimum atomic E-state index is -0.242. The minimum absolute atomic E-state index is 0.0833. The Balaban J connectivity index is 1.86. The number of methoxy groups -OCH3 is 1. The first kappa shape index (κ1) is 15.9. The molecule has 1 heterocycles. The fraction of sp³-hybridized carbons (Fsp3) is 0.118. The zero-order chi connectivity index (χ0) is 16.9. The first-order valence-electron chi connectivity index (χ1n) is 7.05. The van der Waals surface area contributed by atoms with E-state index in [1.54, 1.807) is 25.3 Å². The topological polar surface area (TPSA) is 88.1 Å². The van der Waals surface area contributed by atoms with Crippen LogP contribution in [0.4, 0.5) is 5.69 Å². The van der Waals surface area contributed by atoms with Gasteiger partial charge in [0.1, 0.15) is 16.7 Å². The monoisotopic (exact) mass is 339 g/mol. The van der Waals surface area contributed by atoms with Gasteiger partial charge < -0.3 is 14.5 Å². The van der Waals surface area contributed by atoms with Gasteiger partial charge in [0.05, 0.1) is 12.9 Å². The Kier molecular flexibility index (Phi) is 4.68. The Morgan fingerprint density at radius 3 is 3.04 bits per heavy atom. The molecule has 0 radical (unpaired) electrons.